The van der Waals surface area contributed by atoms with Crippen LogP contribution in [0.2, 0.25) is 0 Å². The van der Waals surface area contributed by atoms with Gasteiger partial charge in [0.2, 0.25) is 0 Å². The number of carbonyl (C=O) groups is 2. The molecule has 1 aromatic carbocycles. The third-order valence-corrected chi connectivity index (χ3v) is 4.19. The van der Waals surface area contributed by atoms with E-state index in [-0.39, 0.29) is 5.91 Å². The van der Waals surface area contributed by atoms with E-state index in [0.29, 0.717) is 31.6 Å². The summed E-state index contributed by atoms with van der Waals surface area (Å²) in [6.07, 6.45) is 1.47. The molecule has 0 spiro atoms. The molecule has 1 fully saturated rings. The summed E-state index contributed by atoms with van der Waals surface area (Å²) in [5.41, 5.74) is 1.43. The predicted octanol–water partition coefficient (Wildman–Crippen LogP) is 1.02. The van der Waals surface area contributed by atoms with E-state index in [1.54, 1.807) is 6.07 Å². The normalized spacial score (nSPS) is 19.4. The molecule has 3 rings (SSSR count). The lowest BCUT2D eigenvalue weighted by atomic mass is 9.89. The van der Waals surface area contributed by atoms with E-state index in [2.05, 4.69) is 10.6 Å². The van der Waals surface area contributed by atoms with Gasteiger partial charge in [0.25, 0.3) is 5.91 Å². The maximum Gasteiger partial charge on any atom is 0.329 e. The van der Waals surface area contributed by atoms with Crippen LogP contribution in [-0.4, -0.2) is 42.3 Å². The fourth-order valence-electron chi connectivity index (χ4n) is 2.85. The Balaban J connectivity index is 1.80. The van der Waals surface area contributed by atoms with Gasteiger partial charge < -0.3 is 20.5 Å². The molecular formula is C15H18N2O4. The Hall–Kier alpha value is -2.08. The third-order valence-electron chi connectivity index (χ3n) is 4.19. The van der Waals surface area contributed by atoms with Crippen LogP contribution in [0.1, 0.15) is 28.8 Å². The summed E-state index contributed by atoms with van der Waals surface area (Å²) in [5, 5.41) is 15.4. The van der Waals surface area contributed by atoms with Gasteiger partial charge in [0, 0.05) is 43.9 Å². The van der Waals surface area contributed by atoms with Crippen molar-refractivity contribution in [2.45, 2.75) is 24.8 Å². The molecule has 0 aliphatic carbocycles. The zero-order chi connectivity index (χ0) is 14.9. The highest BCUT2D eigenvalue weighted by molar-refractivity contribution is 5.98. The van der Waals surface area contributed by atoms with Gasteiger partial charge in [-0.25, -0.2) is 4.79 Å². The molecule has 6 nitrogen and oxygen atoms in total. The zero-order valence-corrected chi connectivity index (χ0v) is 11.6. The molecule has 2 aliphatic heterocycles. The number of fused-ring (bicyclic) bond motifs is 1. The SMILES string of the molecule is O=C(NC1(C(=O)O)CCOCC1)c1ccc2c(c1)CCN2. The maximum absolute atomic E-state index is 12.4. The Morgan fingerprint density at radius 1 is 1.29 bits per heavy atom. The predicted molar refractivity (Wildman–Crippen MR) is 76.5 cm³/mol. The van der Waals surface area contributed by atoms with Crippen LogP contribution in [0.25, 0.3) is 0 Å². The summed E-state index contributed by atoms with van der Waals surface area (Å²) >= 11 is 0. The quantitative estimate of drug-likeness (QED) is 0.773. The minimum Gasteiger partial charge on any atom is -0.480 e. The van der Waals surface area contributed by atoms with E-state index in [1.807, 2.05) is 12.1 Å². The highest BCUT2D eigenvalue weighted by Crippen LogP contribution is 2.25. The van der Waals surface area contributed by atoms with Crippen molar-refractivity contribution in [1.29, 1.82) is 0 Å². The van der Waals surface area contributed by atoms with E-state index in [0.717, 1.165) is 24.2 Å². The van der Waals surface area contributed by atoms with Crippen LogP contribution in [0.3, 0.4) is 0 Å². The van der Waals surface area contributed by atoms with Crippen molar-refractivity contribution in [3.8, 4) is 0 Å². The number of hydrogen-bond donors (Lipinski definition) is 3. The number of ether oxygens (including phenoxy) is 1. The Labute approximate surface area is 122 Å². The highest BCUT2D eigenvalue weighted by atomic mass is 16.5. The number of aliphatic carboxylic acids is 1. The number of carbonyl (C=O) groups excluding carboxylic acids is 1. The van der Waals surface area contributed by atoms with Crippen LogP contribution in [-0.2, 0) is 16.0 Å². The molecule has 0 unspecified atom stereocenters. The molecule has 2 heterocycles. The Kier molecular flexibility index (Phi) is 3.55. The molecule has 0 saturated carbocycles. The van der Waals surface area contributed by atoms with Gasteiger partial charge in [-0.2, -0.15) is 0 Å². The summed E-state index contributed by atoms with van der Waals surface area (Å²) in [7, 11) is 0. The molecule has 0 radical (unpaired) electrons. The lowest BCUT2D eigenvalue weighted by Crippen LogP contribution is -2.57. The van der Waals surface area contributed by atoms with Gasteiger partial charge in [-0.15, -0.1) is 0 Å². The Bertz CT molecular complexity index is 579. The van der Waals surface area contributed by atoms with Crippen molar-refractivity contribution in [3.63, 3.8) is 0 Å². The van der Waals surface area contributed by atoms with Crippen LogP contribution in [0, 0.1) is 0 Å². The van der Waals surface area contributed by atoms with Crippen molar-refractivity contribution in [3.05, 3.63) is 29.3 Å². The first-order valence-corrected chi connectivity index (χ1v) is 7.11. The van der Waals surface area contributed by atoms with E-state index >= 15 is 0 Å². The molecule has 112 valence electrons. The summed E-state index contributed by atoms with van der Waals surface area (Å²) < 4.78 is 5.20. The second-order valence-corrected chi connectivity index (χ2v) is 5.50. The number of nitrogens with one attached hydrogen (secondary N) is 2. The van der Waals surface area contributed by atoms with Crippen LogP contribution in [0.15, 0.2) is 18.2 Å². The van der Waals surface area contributed by atoms with Gasteiger partial charge in [0.1, 0.15) is 5.54 Å². The number of benzene rings is 1. The van der Waals surface area contributed by atoms with E-state index in [9.17, 15) is 14.7 Å². The van der Waals surface area contributed by atoms with Crippen molar-refractivity contribution in [2.75, 3.05) is 25.1 Å². The third kappa shape index (κ3) is 2.58. The first-order chi connectivity index (χ1) is 10.1. The van der Waals surface area contributed by atoms with Crippen LogP contribution >= 0.6 is 0 Å². The van der Waals surface area contributed by atoms with Gasteiger partial charge in [-0.3, -0.25) is 4.79 Å². The average molecular weight is 290 g/mol. The van der Waals surface area contributed by atoms with Gasteiger partial charge in [0.15, 0.2) is 0 Å². The second kappa shape index (κ2) is 5.37. The first-order valence-electron chi connectivity index (χ1n) is 7.11. The zero-order valence-electron chi connectivity index (χ0n) is 11.6. The standard InChI is InChI=1S/C15H18N2O4/c18-13(11-1-2-12-10(9-11)3-6-16-12)17-15(14(19)20)4-7-21-8-5-15/h1-2,9,16H,3-8H2,(H,17,18)(H,19,20). The molecule has 6 heteroatoms. The van der Waals surface area contributed by atoms with Crippen molar-refractivity contribution in [2.24, 2.45) is 0 Å². The molecule has 1 saturated heterocycles. The smallest absolute Gasteiger partial charge is 0.329 e. The van der Waals surface area contributed by atoms with Gasteiger partial charge in [-0.05, 0) is 30.2 Å². The number of anilines is 1. The largest absolute Gasteiger partial charge is 0.480 e. The topological polar surface area (TPSA) is 87.7 Å². The maximum atomic E-state index is 12.4. The molecule has 1 amide bonds. The summed E-state index contributed by atoms with van der Waals surface area (Å²) in [6, 6.07) is 5.43. The first kappa shape index (κ1) is 13.9. The molecule has 2 aliphatic rings. The molecular weight excluding hydrogens is 272 g/mol. The summed E-state index contributed by atoms with van der Waals surface area (Å²) in [4.78, 5) is 23.9. The van der Waals surface area contributed by atoms with Gasteiger partial charge >= 0.3 is 5.97 Å². The summed E-state index contributed by atoms with van der Waals surface area (Å²) in [6.45, 7) is 1.57. The van der Waals surface area contributed by atoms with Crippen molar-refractivity contribution >= 4 is 17.6 Å². The molecule has 0 bridgehead atoms. The fourth-order valence-corrected chi connectivity index (χ4v) is 2.85. The molecule has 1 aromatic rings. The van der Waals surface area contributed by atoms with E-state index in [1.165, 1.54) is 0 Å². The minimum atomic E-state index is -1.22. The lowest BCUT2D eigenvalue weighted by molar-refractivity contribution is -0.148. The van der Waals surface area contributed by atoms with Crippen molar-refractivity contribution in [1.82, 2.24) is 5.32 Å². The molecule has 0 aromatic heterocycles. The van der Waals surface area contributed by atoms with E-state index < -0.39 is 11.5 Å². The monoisotopic (exact) mass is 290 g/mol. The number of carboxylic acid groups (broad SMARTS) is 1. The number of rotatable bonds is 3. The van der Waals surface area contributed by atoms with Gasteiger partial charge in [-0.1, -0.05) is 0 Å². The molecule has 3 N–H and O–H groups in total. The summed E-state index contributed by atoms with van der Waals surface area (Å²) in [5.74, 6) is -1.34. The fraction of sp³-hybridized carbons (Fsp3) is 0.467. The highest BCUT2D eigenvalue weighted by Gasteiger charge is 2.41. The van der Waals surface area contributed by atoms with Gasteiger partial charge in [0.05, 0.1) is 0 Å². The number of carboxylic acids is 1. The molecule has 0 atom stereocenters. The number of amides is 1. The van der Waals surface area contributed by atoms with Crippen LogP contribution < -0.4 is 10.6 Å². The average Bonchev–Trinajstić information content (AvgIpc) is 2.95. The Morgan fingerprint density at radius 3 is 2.76 bits per heavy atom. The van der Waals surface area contributed by atoms with E-state index in [4.69, 9.17) is 4.74 Å². The second-order valence-electron chi connectivity index (χ2n) is 5.50. The molecule has 21 heavy (non-hydrogen) atoms. The minimum absolute atomic E-state index is 0.292. The number of hydrogen-bond acceptors (Lipinski definition) is 4. The Morgan fingerprint density at radius 2 is 2.05 bits per heavy atom. The van der Waals surface area contributed by atoms with Crippen LogP contribution in [0.4, 0.5) is 5.69 Å². The van der Waals surface area contributed by atoms with Crippen molar-refractivity contribution < 1.29 is 19.4 Å². The van der Waals surface area contributed by atoms with Crippen LogP contribution in [0.5, 0.6) is 0 Å². The lowest BCUT2D eigenvalue weighted by Gasteiger charge is -2.33.